The van der Waals surface area contributed by atoms with Crippen molar-refractivity contribution in [2.24, 2.45) is 5.92 Å². The number of benzene rings is 1. The Morgan fingerprint density at radius 2 is 2.06 bits per heavy atom. The van der Waals surface area contributed by atoms with Crippen LogP contribution in [-0.4, -0.2) is 21.2 Å². The third-order valence-electron chi connectivity index (χ3n) is 2.30. The van der Waals surface area contributed by atoms with Crippen molar-refractivity contribution in [1.82, 2.24) is 0 Å². The van der Waals surface area contributed by atoms with E-state index >= 15 is 0 Å². The second-order valence-corrected chi connectivity index (χ2v) is 6.35. The van der Waals surface area contributed by atoms with Crippen molar-refractivity contribution in [1.29, 1.82) is 5.26 Å². The van der Waals surface area contributed by atoms with Gasteiger partial charge in [-0.25, -0.2) is 8.42 Å². The van der Waals surface area contributed by atoms with Gasteiger partial charge in [0, 0.05) is 7.05 Å². The Hall–Kier alpha value is -1.54. The first-order chi connectivity index (χ1) is 7.86. The molecule has 1 rings (SSSR count). The zero-order valence-electron chi connectivity index (χ0n) is 10.2. The van der Waals surface area contributed by atoms with E-state index < -0.39 is 10.0 Å². The summed E-state index contributed by atoms with van der Waals surface area (Å²) < 4.78 is 25.2. The van der Waals surface area contributed by atoms with Gasteiger partial charge in [-0.3, -0.25) is 4.31 Å². The Morgan fingerprint density at radius 1 is 1.41 bits per heavy atom. The average Bonchev–Trinajstić information content (AvgIpc) is 2.26. The third-order valence-corrected chi connectivity index (χ3v) is 4.43. The van der Waals surface area contributed by atoms with Gasteiger partial charge in [0.2, 0.25) is 10.0 Å². The van der Waals surface area contributed by atoms with Crippen LogP contribution in [0.2, 0.25) is 0 Å². The van der Waals surface area contributed by atoms with Gasteiger partial charge in [0.1, 0.15) is 0 Å². The van der Waals surface area contributed by atoms with Crippen LogP contribution in [0.5, 0.6) is 0 Å². The van der Waals surface area contributed by atoms with Crippen molar-refractivity contribution >= 4 is 15.7 Å². The molecule has 0 heterocycles. The molecule has 0 saturated heterocycles. The number of rotatable bonds is 4. The van der Waals surface area contributed by atoms with Crippen LogP contribution in [0, 0.1) is 17.2 Å². The van der Waals surface area contributed by atoms with E-state index in [0.29, 0.717) is 11.3 Å². The molecule has 0 unspecified atom stereocenters. The van der Waals surface area contributed by atoms with E-state index in [0.717, 1.165) is 0 Å². The van der Waals surface area contributed by atoms with Gasteiger partial charge < -0.3 is 0 Å². The van der Waals surface area contributed by atoms with Crippen molar-refractivity contribution in [3.63, 3.8) is 0 Å². The molecule has 92 valence electrons. The predicted molar refractivity (Wildman–Crippen MR) is 68.2 cm³/mol. The maximum Gasteiger partial charge on any atom is 0.235 e. The van der Waals surface area contributed by atoms with Gasteiger partial charge in [0.25, 0.3) is 0 Å². The van der Waals surface area contributed by atoms with E-state index in [9.17, 15) is 8.42 Å². The van der Waals surface area contributed by atoms with Crippen LogP contribution in [0.4, 0.5) is 5.69 Å². The Labute approximate surface area is 103 Å². The molecular formula is C12H16N2O2S. The highest BCUT2D eigenvalue weighted by Crippen LogP contribution is 2.18. The summed E-state index contributed by atoms with van der Waals surface area (Å²) in [6.07, 6.45) is 0. The smallest absolute Gasteiger partial charge is 0.235 e. The van der Waals surface area contributed by atoms with Crippen LogP contribution in [-0.2, 0) is 10.0 Å². The monoisotopic (exact) mass is 252 g/mol. The molecule has 5 heteroatoms. The Bertz CT molecular complexity index is 530. The molecule has 1 aromatic rings. The molecule has 0 spiro atoms. The lowest BCUT2D eigenvalue weighted by atomic mass is 10.2. The molecular weight excluding hydrogens is 236 g/mol. The maximum absolute atomic E-state index is 12.0. The molecule has 0 saturated carbocycles. The topological polar surface area (TPSA) is 61.2 Å². The molecule has 17 heavy (non-hydrogen) atoms. The molecule has 0 bridgehead atoms. The van der Waals surface area contributed by atoms with Crippen LogP contribution in [0.1, 0.15) is 19.4 Å². The highest BCUT2D eigenvalue weighted by molar-refractivity contribution is 7.92. The fraction of sp³-hybridized carbons (Fsp3) is 0.417. The number of anilines is 1. The van der Waals surface area contributed by atoms with E-state index in [1.165, 1.54) is 11.4 Å². The number of nitrogens with zero attached hydrogens (tertiary/aromatic N) is 2. The molecule has 0 aliphatic carbocycles. The zero-order chi connectivity index (χ0) is 13.1. The number of hydrogen-bond acceptors (Lipinski definition) is 3. The molecule has 0 atom stereocenters. The minimum Gasteiger partial charge on any atom is -0.273 e. The Morgan fingerprint density at radius 3 is 2.59 bits per heavy atom. The van der Waals surface area contributed by atoms with E-state index in [-0.39, 0.29) is 11.7 Å². The third kappa shape index (κ3) is 3.46. The molecule has 0 aromatic heterocycles. The van der Waals surface area contributed by atoms with Crippen molar-refractivity contribution in [2.75, 3.05) is 17.1 Å². The summed E-state index contributed by atoms with van der Waals surface area (Å²) >= 11 is 0. The van der Waals surface area contributed by atoms with E-state index in [1.807, 2.05) is 19.9 Å². The van der Waals surface area contributed by atoms with Gasteiger partial charge in [-0.1, -0.05) is 19.9 Å². The standard InChI is InChI=1S/C12H16N2O2S/c1-10(2)9-17(15,16)14(3)12-6-4-5-11(7-12)8-13/h4-7,10H,9H2,1-3H3. The van der Waals surface area contributed by atoms with Gasteiger partial charge in [-0.05, 0) is 24.1 Å². The predicted octanol–water partition coefficient (Wildman–Crippen LogP) is 1.98. The van der Waals surface area contributed by atoms with Gasteiger partial charge in [0.05, 0.1) is 23.1 Å². The Kier molecular flexibility index (Phi) is 4.13. The van der Waals surface area contributed by atoms with Gasteiger partial charge in [-0.2, -0.15) is 5.26 Å². The number of hydrogen-bond donors (Lipinski definition) is 0. The first-order valence-electron chi connectivity index (χ1n) is 5.33. The molecule has 4 nitrogen and oxygen atoms in total. The number of sulfonamides is 1. The first-order valence-corrected chi connectivity index (χ1v) is 6.94. The van der Waals surface area contributed by atoms with E-state index in [4.69, 9.17) is 5.26 Å². The van der Waals surface area contributed by atoms with Gasteiger partial charge >= 0.3 is 0 Å². The van der Waals surface area contributed by atoms with Crippen LogP contribution in [0.3, 0.4) is 0 Å². The molecule has 0 aliphatic heterocycles. The highest BCUT2D eigenvalue weighted by Gasteiger charge is 2.19. The summed E-state index contributed by atoms with van der Waals surface area (Å²) in [5.74, 6) is 0.168. The van der Waals surface area contributed by atoms with Crippen LogP contribution in [0.15, 0.2) is 24.3 Å². The summed E-state index contributed by atoms with van der Waals surface area (Å²) in [7, 11) is -1.81. The summed E-state index contributed by atoms with van der Waals surface area (Å²) in [6, 6.07) is 8.56. The minimum absolute atomic E-state index is 0.0709. The summed E-state index contributed by atoms with van der Waals surface area (Å²) in [5, 5.41) is 8.77. The van der Waals surface area contributed by atoms with Gasteiger partial charge in [0.15, 0.2) is 0 Å². The summed E-state index contributed by atoms with van der Waals surface area (Å²) in [6.45, 7) is 3.72. The fourth-order valence-corrected chi connectivity index (χ4v) is 2.97. The average molecular weight is 252 g/mol. The van der Waals surface area contributed by atoms with Crippen LogP contribution in [0.25, 0.3) is 0 Å². The summed E-state index contributed by atoms with van der Waals surface area (Å²) in [5.41, 5.74) is 0.971. The fourth-order valence-electron chi connectivity index (χ4n) is 1.46. The van der Waals surface area contributed by atoms with Gasteiger partial charge in [-0.15, -0.1) is 0 Å². The van der Waals surface area contributed by atoms with Crippen LogP contribution < -0.4 is 4.31 Å². The molecule has 0 N–H and O–H groups in total. The molecule has 0 amide bonds. The second-order valence-electron chi connectivity index (χ2n) is 4.30. The van der Waals surface area contributed by atoms with E-state index in [1.54, 1.807) is 24.3 Å². The molecule has 0 radical (unpaired) electrons. The van der Waals surface area contributed by atoms with Crippen molar-refractivity contribution in [3.8, 4) is 6.07 Å². The zero-order valence-corrected chi connectivity index (χ0v) is 11.0. The largest absolute Gasteiger partial charge is 0.273 e. The molecule has 0 aliphatic rings. The lowest BCUT2D eigenvalue weighted by Gasteiger charge is -2.20. The second kappa shape index (κ2) is 5.19. The normalized spacial score (nSPS) is 11.2. The molecule has 1 aromatic carbocycles. The minimum atomic E-state index is -3.31. The maximum atomic E-state index is 12.0. The van der Waals surface area contributed by atoms with Crippen LogP contribution >= 0.6 is 0 Å². The number of nitriles is 1. The molecule has 0 fully saturated rings. The summed E-state index contributed by atoms with van der Waals surface area (Å²) in [4.78, 5) is 0. The SMILES string of the molecule is CC(C)CS(=O)(=O)N(C)c1cccc(C#N)c1. The lowest BCUT2D eigenvalue weighted by molar-refractivity contribution is 0.580. The highest BCUT2D eigenvalue weighted by atomic mass is 32.2. The quantitative estimate of drug-likeness (QED) is 0.823. The van der Waals surface area contributed by atoms with Crippen molar-refractivity contribution in [2.45, 2.75) is 13.8 Å². The Balaban J connectivity index is 3.04. The first kappa shape index (κ1) is 13.5. The van der Waals surface area contributed by atoms with E-state index in [2.05, 4.69) is 0 Å². The van der Waals surface area contributed by atoms with Crippen molar-refractivity contribution < 1.29 is 8.42 Å². The van der Waals surface area contributed by atoms with Crippen molar-refractivity contribution in [3.05, 3.63) is 29.8 Å². The lowest BCUT2D eigenvalue weighted by Crippen LogP contribution is -2.30.